The molecule has 0 aliphatic rings. The molecule has 0 unspecified atom stereocenters. The summed E-state index contributed by atoms with van der Waals surface area (Å²) in [5.41, 5.74) is 0.426. The van der Waals surface area contributed by atoms with Crippen LogP contribution >= 0.6 is 23.2 Å². The van der Waals surface area contributed by atoms with Gasteiger partial charge in [-0.25, -0.2) is 0 Å². The topological polar surface area (TPSA) is 54.7 Å². The highest BCUT2D eigenvalue weighted by Gasteiger charge is 2.18. The molecule has 0 atom stereocenters. The smallest absolute Gasteiger partial charge is 0.270 e. The van der Waals surface area contributed by atoms with Crippen molar-refractivity contribution >= 4 is 29.1 Å². The van der Waals surface area contributed by atoms with Crippen molar-refractivity contribution in [1.82, 2.24) is 9.47 Å². The Morgan fingerprint density at radius 1 is 1.50 bits per heavy atom. The standard InChI is InChI=1S/C11H16Cl2N2O3/c1-14(3-5-18-6-4-16)11(17)9-7-8(12)10(13)15(9)2/h7,16H,3-6H2,1-2H3. The molecule has 0 spiro atoms. The molecule has 1 heterocycles. The third-order valence-electron chi connectivity index (χ3n) is 2.49. The van der Waals surface area contributed by atoms with Gasteiger partial charge in [0.15, 0.2) is 0 Å². The Hall–Kier alpha value is -0.750. The Bertz CT molecular complexity index is 421. The highest BCUT2D eigenvalue weighted by Crippen LogP contribution is 2.25. The summed E-state index contributed by atoms with van der Waals surface area (Å²) in [6, 6.07) is 1.54. The predicted octanol–water partition coefficient (Wildman–Crippen LogP) is 1.41. The summed E-state index contributed by atoms with van der Waals surface area (Å²) in [6.45, 7) is 1.04. The molecule has 18 heavy (non-hydrogen) atoms. The van der Waals surface area contributed by atoms with E-state index in [1.807, 2.05) is 0 Å². The maximum absolute atomic E-state index is 12.1. The first kappa shape index (κ1) is 15.3. The van der Waals surface area contributed by atoms with Crippen LogP contribution in [0.5, 0.6) is 0 Å². The molecule has 0 radical (unpaired) electrons. The second-order valence-electron chi connectivity index (χ2n) is 3.79. The van der Waals surface area contributed by atoms with Gasteiger partial charge in [-0.3, -0.25) is 4.79 Å². The van der Waals surface area contributed by atoms with Crippen LogP contribution in [0, 0.1) is 0 Å². The normalized spacial score (nSPS) is 10.7. The molecule has 0 aromatic carbocycles. The van der Waals surface area contributed by atoms with Gasteiger partial charge in [0.05, 0.1) is 24.8 Å². The zero-order chi connectivity index (χ0) is 13.7. The van der Waals surface area contributed by atoms with Gasteiger partial charge >= 0.3 is 0 Å². The average molecular weight is 295 g/mol. The van der Waals surface area contributed by atoms with Gasteiger partial charge in [-0.15, -0.1) is 0 Å². The SMILES string of the molecule is CN(CCOCCO)C(=O)c1cc(Cl)c(Cl)n1C. The van der Waals surface area contributed by atoms with E-state index < -0.39 is 0 Å². The number of aliphatic hydroxyl groups excluding tert-OH is 1. The third kappa shape index (κ3) is 3.62. The zero-order valence-electron chi connectivity index (χ0n) is 10.3. The maximum atomic E-state index is 12.1. The molecule has 1 rings (SSSR count). The fourth-order valence-electron chi connectivity index (χ4n) is 1.41. The van der Waals surface area contributed by atoms with E-state index in [0.717, 1.165) is 0 Å². The van der Waals surface area contributed by atoms with E-state index in [4.69, 9.17) is 33.0 Å². The first-order valence-corrected chi connectivity index (χ1v) is 6.19. The van der Waals surface area contributed by atoms with Crippen molar-refractivity contribution < 1.29 is 14.6 Å². The molecule has 1 N–H and O–H groups in total. The summed E-state index contributed by atoms with van der Waals surface area (Å²) < 4.78 is 6.63. The fraction of sp³-hybridized carbons (Fsp3) is 0.545. The monoisotopic (exact) mass is 294 g/mol. The number of hydrogen-bond donors (Lipinski definition) is 1. The van der Waals surface area contributed by atoms with Gasteiger partial charge in [-0.1, -0.05) is 23.2 Å². The molecule has 0 fully saturated rings. The number of halogens is 2. The van der Waals surface area contributed by atoms with Crippen LogP contribution in [-0.4, -0.2) is 53.9 Å². The van der Waals surface area contributed by atoms with E-state index in [2.05, 4.69) is 0 Å². The lowest BCUT2D eigenvalue weighted by Crippen LogP contribution is -2.31. The molecule has 1 amide bonds. The van der Waals surface area contributed by atoms with E-state index >= 15 is 0 Å². The second kappa shape index (κ2) is 6.99. The van der Waals surface area contributed by atoms with E-state index in [9.17, 15) is 4.79 Å². The van der Waals surface area contributed by atoms with Crippen LogP contribution < -0.4 is 0 Å². The van der Waals surface area contributed by atoms with Crippen LogP contribution in [-0.2, 0) is 11.8 Å². The first-order chi connectivity index (χ1) is 8.49. The Balaban J connectivity index is 2.60. The molecule has 0 aliphatic carbocycles. The van der Waals surface area contributed by atoms with Gasteiger partial charge in [0, 0.05) is 20.6 Å². The lowest BCUT2D eigenvalue weighted by Gasteiger charge is -2.17. The van der Waals surface area contributed by atoms with Gasteiger partial charge < -0.3 is 19.3 Å². The van der Waals surface area contributed by atoms with Crippen molar-refractivity contribution in [3.05, 3.63) is 21.9 Å². The fourth-order valence-corrected chi connectivity index (χ4v) is 1.79. The van der Waals surface area contributed by atoms with E-state index in [0.29, 0.717) is 29.0 Å². The number of aliphatic hydroxyl groups is 1. The third-order valence-corrected chi connectivity index (χ3v) is 3.33. The highest BCUT2D eigenvalue weighted by molar-refractivity contribution is 6.41. The van der Waals surface area contributed by atoms with Crippen molar-refractivity contribution in [1.29, 1.82) is 0 Å². The van der Waals surface area contributed by atoms with E-state index in [1.165, 1.54) is 15.5 Å². The highest BCUT2D eigenvalue weighted by atomic mass is 35.5. The Labute approximate surface area is 116 Å². The van der Waals surface area contributed by atoms with E-state index in [-0.39, 0.29) is 19.1 Å². The number of amides is 1. The van der Waals surface area contributed by atoms with Crippen LogP contribution in [0.4, 0.5) is 0 Å². The first-order valence-electron chi connectivity index (χ1n) is 5.43. The Kier molecular flexibility index (Phi) is 5.95. The summed E-state index contributed by atoms with van der Waals surface area (Å²) in [7, 11) is 3.34. The average Bonchev–Trinajstić information content (AvgIpc) is 2.61. The number of aromatic nitrogens is 1. The van der Waals surface area contributed by atoms with Crippen LogP contribution in [0.2, 0.25) is 10.2 Å². The molecule has 0 saturated carbocycles. The quantitative estimate of drug-likeness (QED) is 0.807. The largest absolute Gasteiger partial charge is 0.394 e. The lowest BCUT2D eigenvalue weighted by molar-refractivity contribution is 0.0612. The van der Waals surface area contributed by atoms with Gasteiger partial charge in [-0.2, -0.15) is 0 Å². The Morgan fingerprint density at radius 3 is 2.67 bits per heavy atom. The van der Waals surface area contributed by atoms with Gasteiger partial charge in [0.2, 0.25) is 0 Å². The molecule has 0 aliphatic heterocycles. The van der Waals surface area contributed by atoms with Crippen LogP contribution in [0.3, 0.4) is 0 Å². The summed E-state index contributed by atoms with van der Waals surface area (Å²) in [4.78, 5) is 13.6. The summed E-state index contributed by atoms with van der Waals surface area (Å²) in [5.74, 6) is -0.182. The molecular formula is C11H16Cl2N2O3. The van der Waals surface area contributed by atoms with Gasteiger partial charge in [0.25, 0.3) is 5.91 Å². The molecule has 7 heteroatoms. The van der Waals surface area contributed by atoms with Crippen molar-refractivity contribution in [2.24, 2.45) is 7.05 Å². The number of rotatable bonds is 6. The van der Waals surface area contributed by atoms with Crippen LogP contribution in [0.25, 0.3) is 0 Å². The van der Waals surface area contributed by atoms with Crippen molar-refractivity contribution in [2.75, 3.05) is 33.4 Å². The number of ether oxygens (including phenoxy) is 1. The maximum Gasteiger partial charge on any atom is 0.270 e. The summed E-state index contributed by atoms with van der Waals surface area (Å²) in [6.07, 6.45) is 0. The molecule has 1 aromatic heterocycles. The van der Waals surface area contributed by atoms with E-state index in [1.54, 1.807) is 14.1 Å². The summed E-state index contributed by atoms with van der Waals surface area (Å²) in [5, 5.41) is 9.24. The Morgan fingerprint density at radius 2 is 2.17 bits per heavy atom. The molecule has 5 nitrogen and oxygen atoms in total. The minimum absolute atomic E-state index is 0.0271. The minimum atomic E-state index is -0.182. The molecule has 102 valence electrons. The number of carbonyl (C=O) groups excluding carboxylic acids is 1. The van der Waals surface area contributed by atoms with Crippen molar-refractivity contribution in [3.63, 3.8) is 0 Å². The summed E-state index contributed by atoms with van der Waals surface area (Å²) >= 11 is 11.8. The number of hydrogen-bond acceptors (Lipinski definition) is 3. The zero-order valence-corrected chi connectivity index (χ0v) is 11.8. The number of nitrogens with zero attached hydrogens (tertiary/aromatic N) is 2. The lowest BCUT2D eigenvalue weighted by atomic mass is 10.3. The minimum Gasteiger partial charge on any atom is -0.394 e. The molecule has 1 aromatic rings. The van der Waals surface area contributed by atoms with Gasteiger partial charge in [0.1, 0.15) is 10.8 Å². The molecule has 0 saturated heterocycles. The second-order valence-corrected chi connectivity index (χ2v) is 4.56. The van der Waals surface area contributed by atoms with Crippen LogP contribution in [0.1, 0.15) is 10.5 Å². The number of carbonyl (C=O) groups is 1. The molecular weight excluding hydrogens is 279 g/mol. The number of likely N-dealkylation sites (N-methyl/N-ethyl adjacent to an activating group) is 1. The molecule has 0 bridgehead atoms. The van der Waals surface area contributed by atoms with Crippen LogP contribution in [0.15, 0.2) is 6.07 Å². The van der Waals surface area contributed by atoms with Crippen molar-refractivity contribution in [2.45, 2.75) is 0 Å². The predicted molar refractivity (Wildman–Crippen MR) is 70.3 cm³/mol. The van der Waals surface area contributed by atoms with Gasteiger partial charge in [-0.05, 0) is 6.07 Å². The van der Waals surface area contributed by atoms with Crippen molar-refractivity contribution in [3.8, 4) is 0 Å².